The lowest BCUT2D eigenvalue weighted by atomic mass is 9.98. The molecule has 0 bridgehead atoms. The monoisotopic (exact) mass is 415 g/mol. The van der Waals surface area contributed by atoms with Gasteiger partial charge in [-0.15, -0.1) is 10.2 Å². The Kier molecular flexibility index (Phi) is 5.52. The van der Waals surface area contributed by atoms with Crippen molar-refractivity contribution in [2.45, 2.75) is 38.4 Å². The van der Waals surface area contributed by atoms with Crippen LogP contribution in [-0.4, -0.2) is 32.7 Å². The van der Waals surface area contributed by atoms with Crippen LogP contribution in [0.15, 0.2) is 48.5 Å². The number of aromatic nitrogens is 4. The van der Waals surface area contributed by atoms with E-state index in [4.69, 9.17) is 0 Å². The third-order valence-electron chi connectivity index (χ3n) is 5.06. The fourth-order valence-electron chi connectivity index (χ4n) is 3.58. The molecule has 0 fully saturated rings. The van der Waals surface area contributed by atoms with Crippen molar-refractivity contribution < 1.29 is 18.0 Å². The summed E-state index contributed by atoms with van der Waals surface area (Å²) in [6.07, 6.45) is -2.44. The second-order valence-corrected chi connectivity index (χ2v) is 7.17. The van der Waals surface area contributed by atoms with Crippen LogP contribution in [-0.2, 0) is 23.9 Å². The van der Waals surface area contributed by atoms with Crippen molar-refractivity contribution in [2.75, 3.05) is 11.4 Å². The summed E-state index contributed by atoms with van der Waals surface area (Å²) in [5.41, 5.74) is 1.32. The Balaban J connectivity index is 1.37. The fraction of sp³-hybridized carbons (Fsp3) is 0.333. The third-order valence-corrected chi connectivity index (χ3v) is 5.06. The predicted molar refractivity (Wildman–Crippen MR) is 105 cm³/mol. The topological polar surface area (TPSA) is 63.9 Å². The average Bonchev–Trinajstić information content (AvgIpc) is 3.22. The van der Waals surface area contributed by atoms with E-state index in [1.807, 2.05) is 30.3 Å². The largest absolute Gasteiger partial charge is 0.416 e. The molecule has 1 aliphatic heterocycles. The van der Waals surface area contributed by atoms with E-state index in [9.17, 15) is 18.0 Å². The summed E-state index contributed by atoms with van der Waals surface area (Å²) in [6, 6.07) is 13.1. The summed E-state index contributed by atoms with van der Waals surface area (Å²) in [4.78, 5) is 15.7. The number of tetrazole rings is 1. The van der Waals surface area contributed by atoms with Gasteiger partial charge in [-0.3, -0.25) is 4.79 Å². The number of aryl methyl sites for hydroxylation is 2. The van der Waals surface area contributed by atoms with Gasteiger partial charge in [0.2, 0.25) is 11.7 Å². The molecule has 3 aromatic rings. The minimum absolute atomic E-state index is 0.112. The van der Waals surface area contributed by atoms with Gasteiger partial charge in [0.25, 0.3) is 0 Å². The van der Waals surface area contributed by atoms with Gasteiger partial charge >= 0.3 is 6.18 Å². The number of halogens is 3. The Morgan fingerprint density at radius 2 is 1.90 bits per heavy atom. The molecule has 1 aromatic heterocycles. The summed E-state index contributed by atoms with van der Waals surface area (Å²) in [5, 5.41) is 12.4. The minimum atomic E-state index is -4.38. The molecule has 0 spiro atoms. The van der Waals surface area contributed by atoms with Gasteiger partial charge in [-0.1, -0.05) is 30.3 Å². The number of carbonyl (C=O) groups excluding carboxylic acids is 1. The molecule has 1 aliphatic rings. The number of alkyl halides is 3. The molecule has 1 amide bonds. The fourth-order valence-corrected chi connectivity index (χ4v) is 3.58. The van der Waals surface area contributed by atoms with E-state index in [1.165, 1.54) is 10.9 Å². The molecule has 0 aliphatic carbocycles. The summed E-state index contributed by atoms with van der Waals surface area (Å²) < 4.78 is 38.9. The Labute approximate surface area is 171 Å². The highest BCUT2D eigenvalue weighted by Gasteiger charge is 2.32. The molecule has 0 radical (unpaired) electrons. The van der Waals surface area contributed by atoms with Crippen molar-refractivity contribution >= 4 is 11.6 Å². The smallest absolute Gasteiger partial charge is 0.312 e. The van der Waals surface area contributed by atoms with E-state index in [2.05, 4.69) is 15.4 Å². The van der Waals surface area contributed by atoms with Gasteiger partial charge in [0.15, 0.2) is 0 Å². The Hall–Kier alpha value is -3.23. The van der Waals surface area contributed by atoms with E-state index in [0.29, 0.717) is 49.4 Å². The van der Waals surface area contributed by atoms with Crippen LogP contribution in [0.4, 0.5) is 18.9 Å². The highest BCUT2D eigenvalue weighted by molar-refractivity contribution is 5.94. The first-order valence-corrected chi connectivity index (χ1v) is 9.75. The zero-order chi connectivity index (χ0) is 21.1. The van der Waals surface area contributed by atoms with E-state index >= 15 is 0 Å². The number of fused-ring (bicyclic) bond motifs is 1. The van der Waals surface area contributed by atoms with Crippen LogP contribution < -0.4 is 4.90 Å². The first kappa shape index (κ1) is 20.1. The molecule has 0 N–H and O–H groups in total. The SMILES string of the molecule is O=C(CCCn1nnc(-c2ccccc2)n1)N1CCCc2cc(C(F)(F)F)ccc21. The minimum Gasteiger partial charge on any atom is -0.312 e. The van der Waals surface area contributed by atoms with Crippen molar-refractivity contribution in [3.05, 3.63) is 59.7 Å². The second kappa shape index (κ2) is 8.25. The van der Waals surface area contributed by atoms with Gasteiger partial charge in [-0.2, -0.15) is 18.0 Å². The summed E-state index contributed by atoms with van der Waals surface area (Å²) >= 11 is 0. The maximum atomic E-state index is 13.0. The van der Waals surface area contributed by atoms with Crippen LogP contribution in [0.25, 0.3) is 11.4 Å². The number of benzene rings is 2. The molecule has 6 nitrogen and oxygen atoms in total. The molecule has 4 rings (SSSR count). The Morgan fingerprint density at radius 1 is 1.10 bits per heavy atom. The first-order chi connectivity index (χ1) is 14.4. The van der Waals surface area contributed by atoms with Crippen LogP contribution in [0.3, 0.4) is 0 Å². The molecule has 0 unspecified atom stereocenters. The van der Waals surface area contributed by atoms with Crippen molar-refractivity contribution in [3.8, 4) is 11.4 Å². The van der Waals surface area contributed by atoms with Gasteiger partial charge < -0.3 is 4.90 Å². The quantitative estimate of drug-likeness (QED) is 0.629. The standard InChI is InChI=1S/C21H20F3N5O/c22-21(23,24)17-10-11-18-16(14-17)8-4-12-28(18)19(30)9-5-13-29-26-20(25-27-29)15-6-2-1-3-7-15/h1-3,6-7,10-11,14H,4-5,8-9,12-13H2. The number of hydrogen-bond acceptors (Lipinski definition) is 4. The molecule has 0 saturated heterocycles. The molecule has 2 heterocycles. The number of hydrogen-bond donors (Lipinski definition) is 0. The number of nitrogens with zero attached hydrogens (tertiary/aromatic N) is 5. The van der Waals surface area contributed by atoms with E-state index in [-0.39, 0.29) is 12.3 Å². The van der Waals surface area contributed by atoms with E-state index in [0.717, 1.165) is 17.7 Å². The predicted octanol–water partition coefficient (Wildman–Crippen LogP) is 4.12. The number of anilines is 1. The van der Waals surface area contributed by atoms with Gasteiger partial charge in [0, 0.05) is 24.2 Å². The Bertz CT molecular complexity index is 1030. The van der Waals surface area contributed by atoms with Crippen LogP contribution in [0, 0.1) is 0 Å². The van der Waals surface area contributed by atoms with Gasteiger partial charge in [0.05, 0.1) is 12.1 Å². The van der Waals surface area contributed by atoms with Crippen molar-refractivity contribution in [3.63, 3.8) is 0 Å². The molecular weight excluding hydrogens is 395 g/mol. The molecule has 0 saturated carbocycles. The Morgan fingerprint density at radius 3 is 2.67 bits per heavy atom. The molecule has 0 atom stereocenters. The second-order valence-electron chi connectivity index (χ2n) is 7.17. The lowest BCUT2D eigenvalue weighted by molar-refractivity contribution is -0.137. The normalized spacial score (nSPS) is 13.9. The van der Waals surface area contributed by atoms with Crippen LogP contribution in [0.2, 0.25) is 0 Å². The molecule has 2 aromatic carbocycles. The summed E-state index contributed by atoms with van der Waals surface area (Å²) in [6.45, 7) is 0.941. The van der Waals surface area contributed by atoms with E-state index in [1.54, 1.807) is 4.90 Å². The lowest BCUT2D eigenvalue weighted by Crippen LogP contribution is -2.35. The summed E-state index contributed by atoms with van der Waals surface area (Å²) in [5.74, 6) is 0.409. The van der Waals surface area contributed by atoms with Crippen molar-refractivity contribution in [1.82, 2.24) is 20.2 Å². The number of carbonyl (C=O) groups is 1. The van der Waals surface area contributed by atoms with Crippen LogP contribution >= 0.6 is 0 Å². The number of amides is 1. The summed E-state index contributed by atoms with van der Waals surface area (Å²) in [7, 11) is 0. The lowest BCUT2D eigenvalue weighted by Gasteiger charge is -2.30. The highest BCUT2D eigenvalue weighted by Crippen LogP contribution is 2.35. The van der Waals surface area contributed by atoms with Gasteiger partial charge in [0.1, 0.15) is 0 Å². The maximum absolute atomic E-state index is 13.0. The zero-order valence-corrected chi connectivity index (χ0v) is 16.1. The third kappa shape index (κ3) is 4.34. The zero-order valence-electron chi connectivity index (χ0n) is 16.1. The van der Waals surface area contributed by atoms with Crippen molar-refractivity contribution in [2.24, 2.45) is 0 Å². The molecule has 30 heavy (non-hydrogen) atoms. The van der Waals surface area contributed by atoms with Crippen LogP contribution in [0.5, 0.6) is 0 Å². The highest BCUT2D eigenvalue weighted by atomic mass is 19.4. The first-order valence-electron chi connectivity index (χ1n) is 9.75. The molecule has 9 heteroatoms. The van der Waals surface area contributed by atoms with Crippen molar-refractivity contribution in [1.29, 1.82) is 0 Å². The number of rotatable bonds is 5. The van der Waals surface area contributed by atoms with Gasteiger partial charge in [-0.05, 0) is 48.2 Å². The van der Waals surface area contributed by atoms with Gasteiger partial charge in [-0.25, -0.2) is 0 Å². The maximum Gasteiger partial charge on any atom is 0.416 e. The molecule has 156 valence electrons. The average molecular weight is 415 g/mol. The van der Waals surface area contributed by atoms with E-state index < -0.39 is 11.7 Å². The van der Waals surface area contributed by atoms with Crippen LogP contribution in [0.1, 0.15) is 30.4 Å². The molecular formula is C21H20F3N5O.